The third-order valence-corrected chi connectivity index (χ3v) is 5.44. The largest absolute Gasteiger partial charge is 0.481 e. The maximum Gasteiger partial charge on any atom is 0.326 e. The molecule has 13 nitrogen and oxygen atoms in total. The maximum atomic E-state index is 13.2. The zero-order valence-corrected chi connectivity index (χ0v) is 19.0. The van der Waals surface area contributed by atoms with Gasteiger partial charge in [0.25, 0.3) is 0 Å². The number of carbonyl (C=O) groups is 5. The van der Waals surface area contributed by atoms with E-state index in [1.807, 2.05) is 0 Å². The van der Waals surface area contributed by atoms with Crippen molar-refractivity contribution in [2.24, 2.45) is 5.73 Å². The van der Waals surface area contributed by atoms with Gasteiger partial charge in [0.1, 0.15) is 12.1 Å². The number of carboxylic acids is 2. The quantitative estimate of drug-likeness (QED) is 0.184. The fourth-order valence-corrected chi connectivity index (χ4v) is 3.68. The van der Waals surface area contributed by atoms with Gasteiger partial charge in [-0.25, -0.2) is 4.79 Å². The SMILES string of the molecule is CO[C@@H]1CCCN(C(=O)[C@@H](NC(=O)[C@H](C)N)[C@H](C)O)[C@@H]1CCC(=O)N[C@@H](CC(=O)O)C(=O)O. The van der Waals surface area contributed by atoms with Crippen molar-refractivity contribution in [1.82, 2.24) is 15.5 Å². The summed E-state index contributed by atoms with van der Waals surface area (Å²) in [5.74, 6) is -4.69. The first-order valence-electron chi connectivity index (χ1n) is 10.7. The van der Waals surface area contributed by atoms with E-state index in [0.29, 0.717) is 19.4 Å². The van der Waals surface area contributed by atoms with Crippen LogP contribution in [0.4, 0.5) is 0 Å². The highest BCUT2D eigenvalue weighted by Gasteiger charge is 2.39. The Morgan fingerprint density at radius 2 is 1.79 bits per heavy atom. The standard InChI is InChI=1S/C20H34N4O9/c1-10(21)18(29)23-17(11(2)25)19(30)24-8-4-5-14(33-3)13(24)6-7-15(26)22-12(20(31)32)9-16(27)28/h10-14,17,25H,4-9,21H2,1-3H3,(H,22,26)(H,23,29)(H,27,28)(H,31,32)/t10-,11-,12-,13+,14+,17-/m0/s1. The number of aliphatic carboxylic acids is 2. The number of aliphatic hydroxyl groups is 1. The second-order valence-corrected chi connectivity index (χ2v) is 8.13. The van der Waals surface area contributed by atoms with Crippen LogP contribution in [0.15, 0.2) is 0 Å². The van der Waals surface area contributed by atoms with E-state index in [1.165, 1.54) is 25.9 Å². The molecule has 0 saturated carbocycles. The van der Waals surface area contributed by atoms with Gasteiger partial charge in [-0.15, -0.1) is 0 Å². The predicted molar refractivity (Wildman–Crippen MR) is 114 cm³/mol. The van der Waals surface area contributed by atoms with E-state index in [-0.39, 0.29) is 12.8 Å². The first kappa shape index (κ1) is 28.3. The molecule has 1 fully saturated rings. The minimum absolute atomic E-state index is 0.100. The molecule has 1 aliphatic heterocycles. The first-order chi connectivity index (χ1) is 15.4. The Labute approximate surface area is 191 Å². The third-order valence-electron chi connectivity index (χ3n) is 5.44. The number of hydrogen-bond acceptors (Lipinski definition) is 8. The van der Waals surface area contributed by atoms with Gasteiger partial charge in [-0.2, -0.15) is 0 Å². The Bertz CT molecular complexity index is 728. The summed E-state index contributed by atoms with van der Waals surface area (Å²) in [5, 5.41) is 32.6. The van der Waals surface area contributed by atoms with Crippen molar-refractivity contribution in [2.75, 3.05) is 13.7 Å². The molecule has 0 aromatic carbocycles. The van der Waals surface area contributed by atoms with E-state index in [4.69, 9.17) is 20.7 Å². The molecule has 1 rings (SSSR count). The van der Waals surface area contributed by atoms with Crippen LogP contribution in [0.5, 0.6) is 0 Å². The van der Waals surface area contributed by atoms with Gasteiger partial charge in [0.15, 0.2) is 0 Å². The normalized spacial score (nSPS) is 21.9. The number of aliphatic hydroxyl groups excluding tert-OH is 1. The molecule has 0 bridgehead atoms. The molecular weight excluding hydrogens is 440 g/mol. The third kappa shape index (κ3) is 8.59. The van der Waals surface area contributed by atoms with Crippen LogP contribution in [-0.4, -0.2) is 99.9 Å². The number of likely N-dealkylation sites (tertiary alicyclic amines) is 1. The minimum atomic E-state index is -1.58. The molecule has 1 heterocycles. The number of ether oxygens (including phenoxy) is 1. The van der Waals surface area contributed by atoms with Crippen molar-refractivity contribution < 1.29 is 44.0 Å². The van der Waals surface area contributed by atoms with Crippen molar-refractivity contribution >= 4 is 29.7 Å². The van der Waals surface area contributed by atoms with Crippen molar-refractivity contribution in [3.05, 3.63) is 0 Å². The molecular formula is C20H34N4O9. The summed E-state index contributed by atoms with van der Waals surface area (Å²) in [5.41, 5.74) is 5.54. The second-order valence-electron chi connectivity index (χ2n) is 8.13. The van der Waals surface area contributed by atoms with Gasteiger partial charge >= 0.3 is 11.9 Å². The van der Waals surface area contributed by atoms with Gasteiger partial charge in [0.05, 0.1) is 30.7 Å². The summed E-state index contributed by atoms with van der Waals surface area (Å²) in [6.07, 6.45) is -1.30. The van der Waals surface area contributed by atoms with Gasteiger partial charge in [0, 0.05) is 20.1 Å². The minimum Gasteiger partial charge on any atom is -0.481 e. The molecule has 33 heavy (non-hydrogen) atoms. The number of amides is 3. The van der Waals surface area contributed by atoms with Crippen molar-refractivity contribution in [2.45, 2.75) is 82.3 Å². The van der Waals surface area contributed by atoms with E-state index >= 15 is 0 Å². The number of carbonyl (C=O) groups excluding carboxylic acids is 3. The lowest BCUT2D eigenvalue weighted by molar-refractivity contribution is -0.148. The van der Waals surface area contributed by atoms with Gasteiger partial charge < -0.3 is 41.3 Å². The molecule has 7 N–H and O–H groups in total. The molecule has 188 valence electrons. The molecule has 0 aliphatic carbocycles. The van der Waals surface area contributed by atoms with Crippen LogP contribution < -0.4 is 16.4 Å². The van der Waals surface area contributed by atoms with E-state index in [0.717, 1.165) is 0 Å². The Morgan fingerprint density at radius 1 is 1.15 bits per heavy atom. The fourth-order valence-electron chi connectivity index (χ4n) is 3.68. The molecule has 3 amide bonds. The summed E-state index contributed by atoms with van der Waals surface area (Å²) in [6, 6.07) is -4.30. The topological polar surface area (TPSA) is 209 Å². The van der Waals surface area contributed by atoms with E-state index in [9.17, 15) is 29.1 Å². The van der Waals surface area contributed by atoms with Gasteiger partial charge in [0.2, 0.25) is 17.7 Å². The molecule has 6 atom stereocenters. The van der Waals surface area contributed by atoms with Crippen LogP contribution in [-0.2, 0) is 28.7 Å². The lowest BCUT2D eigenvalue weighted by atomic mass is 9.93. The number of piperidine rings is 1. The van der Waals surface area contributed by atoms with E-state index in [1.54, 1.807) is 0 Å². The van der Waals surface area contributed by atoms with Crippen LogP contribution >= 0.6 is 0 Å². The highest BCUT2D eigenvalue weighted by molar-refractivity contribution is 5.90. The van der Waals surface area contributed by atoms with Crippen LogP contribution in [0.25, 0.3) is 0 Å². The summed E-state index contributed by atoms with van der Waals surface area (Å²) in [7, 11) is 1.46. The molecule has 0 spiro atoms. The maximum absolute atomic E-state index is 13.2. The number of hydrogen-bond donors (Lipinski definition) is 6. The van der Waals surface area contributed by atoms with Gasteiger partial charge in [-0.3, -0.25) is 19.2 Å². The van der Waals surface area contributed by atoms with Crippen molar-refractivity contribution in [1.29, 1.82) is 0 Å². The Kier molecular flexibility index (Phi) is 11.2. The summed E-state index contributed by atoms with van der Waals surface area (Å²) >= 11 is 0. The van der Waals surface area contributed by atoms with Crippen LogP contribution in [0.3, 0.4) is 0 Å². The zero-order valence-electron chi connectivity index (χ0n) is 19.0. The Hall–Kier alpha value is -2.77. The summed E-state index contributed by atoms with van der Waals surface area (Å²) < 4.78 is 5.48. The zero-order chi connectivity index (χ0) is 25.3. The monoisotopic (exact) mass is 474 g/mol. The molecule has 1 saturated heterocycles. The van der Waals surface area contributed by atoms with Gasteiger partial charge in [-0.05, 0) is 33.1 Å². The molecule has 13 heteroatoms. The molecule has 0 aromatic rings. The van der Waals surface area contributed by atoms with Crippen LogP contribution in [0.2, 0.25) is 0 Å². The van der Waals surface area contributed by atoms with Crippen LogP contribution in [0.1, 0.15) is 46.0 Å². The summed E-state index contributed by atoms with van der Waals surface area (Å²) in [4.78, 5) is 60.9. The number of nitrogens with two attached hydrogens (primary N) is 1. The van der Waals surface area contributed by atoms with E-state index in [2.05, 4.69) is 10.6 Å². The summed E-state index contributed by atoms with van der Waals surface area (Å²) in [6.45, 7) is 3.11. The highest BCUT2D eigenvalue weighted by atomic mass is 16.5. The molecule has 0 aromatic heterocycles. The first-order valence-corrected chi connectivity index (χ1v) is 10.7. The molecule has 0 unspecified atom stereocenters. The second kappa shape index (κ2) is 13.1. The highest BCUT2D eigenvalue weighted by Crippen LogP contribution is 2.25. The lowest BCUT2D eigenvalue weighted by Gasteiger charge is -2.42. The average Bonchev–Trinajstić information content (AvgIpc) is 2.73. The number of rotatable bonds is 12. The Morgan fingerprint density at radius 3 is 2.27 bits per heavy atom. The fraction of sp³-hybridized carbons (Fsp3) is 0.750. The van der Waals surface area contributed by atoms with Gasteiger partial charge in [-0.1, -0.05) is 0 Å². The molecule has 0 radical (unpaired) electrons. The Balaban J connectivity index is 2.96. The average molecular weight is 475 g/mol. The number of carboxylic acid groups (broad SMARTS) is 2. The van der Waals surface area contributed by atoms with E-state index < -0.39 is 72.5 Å². The van der Waals surface area contributed by atoms with Crippen molar-refractivity contribution in [3.8, 4) is 0 Å². The molecule has 1 aliphatic rings. The van der Waals surface area contributed by atoms with Crippen molar-refractivity contribution in [3.63, 3.8) is 0 Å². The smallest absolute Gasteiger partial charge is 0.326 e. The van der Waals surface area contributed by atoms with Crippen LogP contribution in [0, 0.1) is 0 Å². The number of nitrogens with zero attached hydrogens (tertiary/aromatic N) is 1. The predicted octanol–water partition coefficient (Wildman–Crippen LogP) is -1.97. The lowest BCUT2D eigenvalue weighted by Crippen LogP contribution is -2.61. The number of nitrogens with one attached hydrogen (secondary N) is 2. The number of methoxy groups -OCH3 is 1.